The summed E-state index contributed by atoms with van der Waals surface area (Å²) in [5.41, 5.74) is 0.355. The highest BCUT2D eigenvalue weighted by atomic mass is 16.7. The number of benzene rings is 1. The van der Waals surface area contributed by atoms with Crippen molar-refractivity contribution in [2.75, 3.05) is 0 Å². The Morgan fingerprint density at radius 3 is 2.81 bits per heavy atom. The number of aryl methyl sites for hydroxylation is 1. The van der Waals surface area contributed by atoms with E-state index < -0.39 is 11.8 Å². The van der Waals surface area contributed by atoms with Gasteiger partial charge in [0, 0.05) is 17.0 Å². The normalized spacial score (nSPS) is 10.3. The van der Waals surface area contributed by atoms with Gasteiger partial charge in [0.05, 0.1) is 0 Å². The van der Waals surface area contributed by atoms with Crippen LogP contribution >= 0.6 is 0 Å². The van der Waals surface area contributed by atoms with Crippen molar-refractivity contribution in [1.29, 1.82) is 0 Å². The van der Waals surface area contributed by atoms with Crippen molar-refractivity contribution in [3.05, 3.63) is 40.2 Å². The van der Waals surface area contributed by atoms with Crippen molar-refractivity contribution in [1.82, 2.24) is 0 Å². The fraction of sp³-hybridized carbons (Fsp3) is 0.0909. The summed E-state index contributed by atoms with van der Waals surface area (Å²) in [5.74, 6) is 0.118. The molecule has 0 aliphatic heterocycles. The van der Waals surface area contributed by atoms with Crippen LogP contribution in [0.5, 0.6) is 5.75 Å². The van der Waals surface area contributed by atoms with Crippen LogP contribution < -0.4 is 10.4 Å². The van der Waals surface area contributed by atoms with Gasteiger partial charge in [-0.2, -0.15) is 0 Å². The van der Waals surface area contributed by atoms with Gasteiger partial charge in [0.25, 0.3) is 0 Å². The summed E-state index contributed by atoms with van der Waals surface area (Å²) in [6.45, 7) is 1.65. The molecule has 0 fully saturated rings. The first kappa shape index (κ1) is 10.2. The highest BCUT2D eigenvalue weighted by molar-refractivity contribution is 5.79. The zero-order valence-corrected chi connectivity index (χ0v) is 8.39. The Kier molecular flexibility index (Phi) is 2.36. The van der Waals surface area contributed by atoms with Crippen LogP contribution in [-0.2, 0) is 0 Å². The van der Waals surface area contributed by atoms with Gasteiger partial charge in [-0.1, -0.05) is 0 Å². The molecule has 5 heteroatoms. The van der Waals surface area contributed by atoms with E-state index in [4.69, 9.17) is 9.52 Å². The molecule has 1 aromatic carbocycles. The van der Waals surface area contributed by atoms with Crippen molar-refractivity contribution >= 4 is 17.1 Å². The number of rotatable bonds is 1. The molecular weight excluding hydrogens is 212 g/mol. The third kappa shape index (κ3) is 1.88. The van der Waals surface area contributed by atoms with Gasteiger partial charge in [-0.05, 0) is 25.1 Å². The van der Waals surface area contributed by atoms with E-state index in [1.165, 1.54) is 12.1 Å². The van der Waals surface area contributed by atoms with Crippen LogP contribution in [0.4, 0.5) is 4.79 Å². The van der Waals surface area contributed by atoms with Gasteiger partial charge in [-0.25, -0.2) is 9.59 Å². The summed E-state index contributed by atoms with van der Waals surface area (Å²) >= 11 is 0. The summed E-state index contributed by atoms with van der Waals surface area (Å²) in [5, 5.41) is 9.14. The molecule has 0 saturated carbocycles. The number of carboxylic acid groups (broad SMARTS) is 1. The summed E-state index contributed by atoms with van der Waals surface area (Å²) < 4.78 is 9.43. The highest BCUT2D eigenvalue weighted by Gasteiger charge is 2.05. The summed E-state index contributed by atoms with van der Waals surface area (Å²) in [4.78, 5) is 21.6. The number of fused-ring (bicyclic) bond motifs is 1. The molecule has 0 bridgehead atoms. The number of ether oxygens (including phenoxy) is 1. The number of hydrogen-bond donors (Lipinski definition) is 1. The van der Waals surface area contributed by atoms with Crippen LogP contribution in [-0.4, -0.2) is 11.3 Å². The quantitative estimate of drug-likeness (QED) is 0.452. The average molecular weight is 220 g/mol. The molecule has 0 atom stereocenters. The Morgan fingerprint density at radius 2 is 2.12 bits per heavy atom. The van der Waals surface area contributed by atoms with Crippen LogP contribution in [0.25, 0.3) is 11.0 Å². The fourth-order valence-corrected chi connectivity index (χ4v) is 1.36. The van der Waals surface area contributed by atoms with Crippen molar-refractivity contribution in [3.63, 3.8) is 0 Å². The minimum Gasteiger partial charge on any atom is -0.449 e. The van der Waals surface area contributed by atoms with Crippen LogP contribution in [0.2, 0.25) is 0 Å². The lowest BCUT2D eigenvalue weighted by Gasteiger charge is -2.01. The van der Waals surface area contributed by atoms with E-state index >= 15 is 0 Å². The van der Waals surface area contributed by atoms with E-state index in [1.807, 2.05) is 0 Å². The molecule has 2 rings (SSSR count). The topological polar surface area (TPSA) is 76.7 Å². The van der Waals surface area contributed by atoms with Crippen LogP contribution in [0.15, 0.2) is 33.5 Å². The molecule has 0 aliphatic rings. The lowest BCUT2D eigenvalue weighted by molar-refractivity contribution is 0.144. The molecule has 82 valence electrons. The Morgan fingerprint density at radius 1 is 1.38 bits per heavy atom. The van der Waals surface area contributed by atoms with Gasteiger partial charge >= 0.3 is 11.8 Å². The summed E-state index contributed by atoms with van der Waals surface area (Å²) in [6, 6.07) is 6.16. The highest BCUT2D eigenvalue weighted by Crippen LogP contribution is 2.20. The second kappa shape index (κ2) is 3.69. The third-order valence-corrected chi connectivity index (χ3v) is 2.09. The molecule has 5 nitrogen and oxygen atoms in total. The number of carbonyl (C=O) groups is 1. The molecule has 0 saturated heterocycles. The van der Waals surface area contributed by atoms with Gasteiger partial charge < -0.3 is 14.3 Å². The average Bonchev–Trinajstić information content (AvgIpc) is 2.19. The van der Waals surface area contributed by atoms with Gasteiger partial charge in [0.2, 0.25) is 0 Å². The molecule has 0 amide bonds. The first-order valence-corrected chi connectivity index (χ1v) is 4.51. The molecule has 1 heterocycles. The second-order valence-corrected chi connectivity index (χ2v) is 3.28. The molecule has 0 unspecified atom stereocenters. The maximum Gasteiger partial charge on any atom is 0.511 e. The standard InChI is InChI=1S/C11H8O5/c1-6-4-7-2-3-8(15-11(13)14)5-9(7)16-10(6)12/h2-5H,1H3,(H,13,14). The molecule has 16 heavy (non-hydrogen) atoms. The molecule has 0 spiro atoms. The molecule has 1 N–H and O–H groups in total. The lowest BCUT2D eigenvalue weighted by atomic mass is 10.2. The first-order valence-electron chi connectivity index (χ1n) is 4.51. The Hall–Kier alpha value is -2.30. The van der Waals surface area contributed by atoms with Crippen molar-refractivity contribution in [3.8, 4) is 5.75 Å². The SMILES string of the molecule is Cc1cc2ccc(OC(=O)O)cc2oc1=O. The molecule has 0 aliphatic carbocycles. The Balaban J connectivity index is 2.57. The van der Waals surface area contributed by atoms with Crippen LogP contribution in [0.1, 0.15) is 5.56 Å². The van der Waals surface area contributed by atoms with E-state index in [9.17, 15) is 9.59 Å². The van der Waals surface area contributed by atoms with E-state index in [2.05, 4.69) is 4.74 Å². The summed E-state index contributed by atoms with van der Waals surface area (Å²) in [7, 11) is 0. The van der Waals surface area contributed by atoms with Gasteiger partial charge in [0.15, 0.2) is 0 Å². The van der Waals surface area contributed by atoms with Crippen LogP contribution in [0.3, 0.4) is 0 Å². The Labute approximate surface area is 89.9 Å². The van der Waals surface area contributed by atoms with E-state index in [0.717, 1.165) is 5.39 Å². The van der Waals surface area contributed by atoms with Crippen LogP contribution in [0, 0.1) is 6.92 Å². The minimum atomic E-state index is -1.41. The lowest BCUT2D eigenvalue weighted by Crippen LogP contribution is -2.04. The first-order chi connectivity index (χ1) is 7.56. The van der Waals surface area contributed by atoms with E-state index in [0.29, 0.717) is 11.1 Å². The van der Waals surface area contributed by atoms with Gasteiger partial charge in [-0.3, -0.25) is 0 Å². The predicted octanol–water partition coefficient (Wildman–Crippen LogP) is 2.16. The molecular formula is C11H8O5. The van der Waals surface area contributed by atoms with E-state index in [-0.39, 0.29) is 5.75 Å². The predicted molar refractivity (Wildman–Crippen MR) is 55.9 cm³/mol. The van der Waals surface area contributed by atoms with Gasteiger partial charge in [-0.15, -0.1) is 0 Å². The van der Waals surface area contributed by atoms with Crippen molar-refractivity contribution in [2.45, 2.75) is 6.92 Å². The molecule has 0 radical (unpaired) electrons. The zero-order valence-electron chi connectivity index (χ0n) is 8.39. The third-order valence-electron chi connectivity index (χ3n) is 2.09. The monoisotopic (exact) mass is 220 g/mol. The minimum absolute atomic E-state index is 0.118. The fourth-order valence-electron chi connectivity index (χ4n) is 1.36. The van der Waals surface area contributed by atoms with Gasteiger partial charge in [0.1, 0.15) is 11.3 Å². The summed E-state index contributed by atoms with van der Waals surface area (Å²) in [6.07, 6.45) is -1.41. The number of hydrogen-bond acceptors (Lipinski definition) is 4. The van der Waals surface area contributed by atoms with Crippen molar-refractivity contribution < 1.29 is 19.1 Å². The van der Waals surface area contributed by atoms with Crippen molar-refractivity contribution in [2.24, 2.45) is 0 Å². The second-order valence-electron chi connectivity index (χ2n) is 3.28. The maximum absolute atomic E-state index is 11.2. The smallest absolute Gasteiger partial charge is 0.449 e. The molecule has 1 aromatic heterocycles. The van der Waals surface area contributed by atoms with E-state index in [1.54, 1.807) is 19.1 Å². The largest absolute Gasteiger partial charge is 0.511 e. The molecule has 2 aromatic rings. The maximum atomic E-state index is 11.2. The Bertz CT molecular complexity index is 611. The zero-order chi connectivity index (χ0) is 11.7.